The molecular formula is C25H17ClFN3O5. The summed E-state index contributed by atoms with van der Waals surface area (Å²) in [7, 11) is 1.27. The van der Waals surface area contributed by atoms with E-state index in [9.17, 15) is 23.6 Å². The van der Waals surface area contributed by atoms with E-state index < -0.39 is 34.5 Å². The minimum absolute atomic E-state index is 0.219. The lowest BCUT2D eigenvalue weighted by Crippen LogP contribution is -2.33. The minimum Gasteiger partial charge on any atom is -0.465 e. The summed E-state index contributed by atoms with van der Waals surface area (Å²) in [5.74, 6) is -3.40. The van der Waals surface area contributed by atoms with Gasteiger partial charge in [-0.25, -0.2) is 14.1 Å². The number of nitrogens with zero attached hydrogens (tertiary/aromatic N) is 1. The van der Waals surface area contributed by atoms with E-state index in [1.807, 2.05) is 0 Å². The Bertz CT molecular complexity index is 1390. The molecule has 1 aliphatic heterocycles. The maximum Gasteiger partial charge on any atom is 0.337 e. The van der Waals surface area contributed by atoms with Crippen molar-refractivity contribution >= 4 is 52.4 Å². The Morgan fingerprint density at radius 3 is 2.29 bits per heavy atom. The molecule has 0 fully saturated rings. The van der Waals surface area contributed by atoms with Gasteiger partial charge in [0.25, 0.3) is 17.7 Å². The fourth-order valence-electron chi connectivity index (χ4n) is 3.36. The summed E-state index contributed by atoms with van der Waals surface area (Å²) in [6.45, 7) is 0. The van der Waals surface area contributed by atoms with E-state index in [0.29, 0.717) is 21.8 Å². The smallest absolute Gasteiger partial charge is 0.337 e. The van der Waals surface area contributed by atoms with Gasteiger partial charge in [0.1, 0.15) is 16.5 Å². The Morgan fingerprint density at radius 1 is 0.886 bits per heavy atom. The molecule has 0 aliphatic carbocycles. The Balaban J connectivity index is 1.51. The topological polar surface area (TPSA) is 105 Å². The van der Waals surface area contributed by atoms with Gasteiger partial charge in [0.2, 0.25) is 0 Å². The molecule has 176 valence electrons. The van der Waals surface area contributed by atoms with Crippen LogP contribution in [0.4, 0.5) is 21.5 Å². The highest BCUT2D eigenvalue weighted by Gasteiger charge is 2.40. The summed E-state index contributed by atoms with van der Waals surface area (Å²) in [5.41, 5.74) is 0.875. The molecule has 0 saturated carbocycles. The SMILES string of the molecule is COC(=O)c1ccc(NC(=O)c2cccc(NC3=C(Cl)C(=O)N(c4ccccc4F)C3=O)c2)cc1. The number of amides is 3. The van der Waals surface area contributed by atoms with Crippen LogP contribution in [0.25, 0.3) is 0 Å². The zero-order chi connectivity index (χ0) is 25.1. The lowest BCUT2D eigenvalue weighted by atomic mass is 10.1. The van der Waals surface area contributed by atoms with Crippen molar-refractivity contribution in [3.8, 4) is 0 Å². The molecule has 8 nitrogen and oxygen atoms in total. The van der Waals surface area contributed by atoms with Gasteiger partial charge in [-0.05, 0) is 54.6 Å². The average molecular weight is 494 g/mol. The molecule has 35 heavy (non-hydrogen) atoms. The van der Waals surface area contributed by atoms with E-state index in [4.69, 9.17) is 11.6 Å². The first kappa shape index (κ1) is 23.7. The number of halogens is 2. The van der Waals surface area contributed by atoms with Crippen molar-refractivity contribution in [1.29, 1.82) is 0 Å². The molecule has 3 aromatic rings. The van der Waals surface area contributed by atoms with Gasteiger partial charge >= 0.3 is 5.97 Å². The molecule has 0 bridgehead atoms. The van der Waals surface area contributed by atoms with Crippen LogP contribution >= 0.6 is 11.6 Å². The second-order valence-corrected chi connectivity index (χ2v) is 7.69. The summed E-state index contributed by atoms with van der Waals surface area (Å²) in [6.07, 6.45) is 0. The molecule has 0 unspecified atom stereocenters. The number of rotatable bonds is 6. The van der Waals surface area contributed by atoms with Crippen molar-refractivity contribution in [2.45, 2.75) is 0 Å². The van der Waals surface area contributed by atoms with Crippen LogP contribution in [-0.4, -0.2) is 30.8 Å². The number of carbonyl (C=O) groups excluding carboxylic acids is 4. The molecular weight excluding hydrogens is 477 g/mol. The highest BCUT2D eigenvalue weighted by molar-refractivity contribution is 6.53. The van der Waals surface area contributed by atoms with Gasteiger partial charge in [0.05, 0.1) is 18.4 Å². The normalized spacial score (nSPS) is 13.2. The standard InChI is InChI=1S/C25H17ClFN3O5/c1-35-25(34)14-9-11-16(12-10-14)29-22(31)15-5-4-6-17(13-15)28-21-20(26)23(32)30(24(21)33)19-8-3-2-7-18(19)27/h2-13,28H,1H3,(H,29,31). The number of para-hydroxylation sites is 1. The lowest BCUT2D eigenvalue weighted by Gasteiger charge is -2.15. The van der Waals surface area contributed by atoms with Crippen LogP contribution in [0, 0.1) is 5.82 Å². The number of anilines is 3. The first-order chi connectivity index (χ1) is 16.8. The third kappa shape index (κ3) is 4.75. The van der Waals surface area contributed by atoms with Crippen molar-refractivity contribution in [3.05, 3.63) is 100 Å². The maximum absolute atomic E-state index is 14.2. The third-order valence-electron chi connectivity index (χ3n) is 5.08. The fourth-order valence-corrected chi connectivity index (χ4v) is 3.57. The number of benzene rings is 3. The van der Waals surface area contributed by atoms with Crippen LogP contribution in [-0.2, 0) is 14.3 Å². The Labute approximate surface area is 203 Å². The van der Waals surface area contributed by atoms with Gasteiger partial charge < -0.3 is 15.4 Å². The molecule has 10 heteroatoms. The molecule has 1 aliphatic rings. The van der Waals surface area contributed by atoms with Crippen LogP contribution in [0.5, 0.6) is 0 Å². The van der Waals surface area contributed by atoms with Gasteiger partial charge in [-0.3, -0.25) is 14.4 Å². The van der Waals surface area contributed by atoms with Crippen molar-refractivity contribution in [2.24, 2.45) is 0 Å². The number of hydrogen-bond donors (Lipinski definition) is 2. The first-order valence-corrected chi connectivity index (χ1v) is 10.6. The average Bonchev–Trinajstić information content (AvgIpc) is 3.07. The highest BCUT2D eigenvalue weighted by atomic mass is 35.5. The van der Waals surface area contributed by atoms with Gasteiger partial charge in [0, 0.05) is 16.9 Å². The van der Waals surface area contributed by atoms with Crippen LogP contribution in [0.15, 0.2) is 83.5 Å². The minimum atomic E-state index is -0.867. The summed E-state index contributed by atoms with van der Waals surface area (Å²) >= 11 is 6.10. The van der Waals surface area contributed by atoms with Gasteiger partial charge in [-0.1, -0.05) is 29.8 Å². The number of hydrogen-bond acceptors (Lipinski definition) is 6. The van der Waals surface area contributed by atoms with E-state index in [2.05, 4.69) is 15.4 Å². The molecule has 3 aromatic carbocycles. The number of carbonyl (C=O) groups is 4. The van der Waals surface area contributed by atoms with Crippen molar-refractivity contribution in [1.82, 2.24) is 0 Å². The van der Waals surface area contributed by atoms with Crippen molar-refractivity contribution < 1.29 is 28.3 Å². The number of imide groups is 1. The predicted molar refractivity (Wildman–Crippen MR) is 128 cm³/mol. The monoisotopic (exact) mass is 493 g/mol. The number of nitrogens with one attached hydrogen (secondary N) is 2. The lowest BCUT2D eigenvalue weighted by molar-refractivity contribution is -0.120. The maximum atomic E-state index is 14.2. The molecule has 0 aromatic heterocycles. The van der Waals surface area contributed by atoms with Crippen molar-refractivity contribution in [3.63, 3.8) is 0 Å². The molecule has 3 amide bonds. The summed E-state index contributed by atoms with van der Waals surface area (Å²) in [5, 5.41) is 5.05. The summed E-state index contributed by atoms with van der Waals surface area (Å²) < 4.78 is 18.8. The summed E-state index contributed by atoms with van der Waals surface area (Å²) in [6, 6.07) is 17.6. The second kappa shape index (κ2) is 9.78. The molecule has 0 atom stereocenters. The number of ether oxygens (including phenoxy) is 1. The van der Waals surface area contributed by atoms with Crippen LogP contribution in [0.3, 0.4) is 0 Å². The van der Waals surface area contributed by atoms with Crippen LogP contribution in [0.2, 0.25) is 0 Å². The zero-order valence-corrected chi connectivity index (χ0v) is 18.9. The quantitative estimate of drug-likeness (QED) is 0.392. The van der Waals surface area contributed by atoms with Gasteiger partial charge in [0.15, 0.2) is 0 Å². The Hall–Kier alpha value is -4.50. The number of methoxy groups -OCH3 is 1. The molecule has 0 saturated heterocycles. The van der Waals surface area contributed by atoms with Crippen molar-refractivity contribution in [2.75, 3.05) is 22.6 Å². The molecule has 2 N–H and O–H groups in total. The zero-order valence-electron chi connectivity index (χ0n) is 18.2. The van der Waals surface area contributed by atoms with E-state index in [1.54, 1.807) is 30.3 Å². The highest BCUT2D eigenvalue weighted by Crippen LogP contribution is 2.31. The van der Waals surface area contributed by atoms with E-state index in [-0.39, 0.29) is 16.9 Å². The molecule has 4 rings (SSSR count). The second-order valence-electron chi connectivity index (χ2n) is 7.31. The molecule has 0 radical (unpaired) electrons. The Kier molecular flexibility index (Phi) is 6.61. The van der Waals surface area contributed by atoms with Gasteiger partial charge in [-0.2, -0.15) is 0 Å². The molecule has 1 heterocycles. The van der Waals surface area contributed by atoms with E-state index >= 15 is 0 Å². The fraction of sp³-hybridized carbons (Fsp3) is 0.0400. The van der Waals surface area contributed by atoms with E-state index in [1.165, 1.54) is 43.5 Å². The third-order valence-corrected chi connectivity index (χ3v) is 5.43. The van der Waals surface area contributed by atoms with Gasteiger partial charge in [-0.15, -0.1) is 0 Å². The predicted octanol–water partition coefficient (Wildman–Crippen LogP) is 4.30. The largest absolute Gasteiger partial charge is 0.465 e. The van der Waals surface area contributed by atoms with E-state index in [0.717, 1.165) is 6.07 Å². The van der Waals surface area contributed by atoms with Crippen LogP contribution < -0.4 is 15.5 Å². The summed E-state index contributed by atoms with van der Waals surface area (Å²) in [4.78, 5) is 50.3. The Morgan fingerprint density at radius 2 is 1.60 bits per heavy atom. The van der Waals surface area contributed by atoms with Crippen LogP contribution in [0.1, 0.15) is 20.7 Å². The molecule has 0 spiro atoms. The first-order valence-electron chi connectivity index (χ1n) is 10.2. The number of esters is 1.